The topological polar surface area (TPSA) is 38.5 Å². The highest BCUT2D eigenvalue weighted by Gasteiger charge is 2.18. The van der Waals surface area contributed by atoms with Gasteiger partial charge in [-0.2, -0.15) is 0 Å². The van der Waals surface area contributed by atoms with Crippen LogP contribution in [0, 0.1) is 5.82 Å². The number of halogens is 1. The lowest BCUT2D eigenvalue weighted by Crippen LogP contribution is -2.30. The molecule has 0 unspecified atom stereocenters. The van der Waals surface area contributed by atoms with E-state index in [0.29, 0.717) is 12.3 Å². The predicted molar refractivity (Wildman–Crippen MR) is 87.6 cm³/mol. The van der Waals surface area contributed by atoms with E-state index in [1.165, 1.54) is 10.9 Å². The van der Waals surface area contributed by atoms with E-state index in [2.05, 4.69) is 24.8 Å². The zero-order valence-corrected chi connectivity index (χ0v) is 13.4. The molecule has 0 aliphatic heterocycles. The number of nitrogen functional groups attached to an aromatic ring is 1. The van der Waals surface area contributed by atoms with E-state index >= 15 is 0 Å². The Balaban J connectivity index is 2.37. The first-order valence-electron chi connectivity index (χ1n) is 7.03. The number of anilines is 2. The molecule has 3 nitrogen and oxygen atoms in total. The highest BCUT2D eigenvalue weighted by molar-refractivity contribution is 7.09. The molecule has 0 bridgehead atoms. The second kappa shape index (κ2) is 6.80. The standard InChI is InChI=1S/C16H21FN2OS/c1-4-20-16-9-15(14(18)8-13(16)17)19(11(2)3)10-12-6-5-7-21-12/h5-9,11H,4,10,18H2,1-3H3. The van der Waals surface area contributed by atoms with Crippen molar-refractivity contribution in [3.05, 3.63) is 40.3 Å². The highest BCUT2D eigenvalue weighted by Crippen LogP contribution is 2.33. The number of rotatable bonds is 6. The van der Waals surface area contributed by atoms with Gasteiger partial charge in [0.05, 0.1) is 24.5 Å². The van der Waals surface area contributed by atoms with Crippen LogP contribution in [0.1, 0.15) is 25.6 Å². The third kappa shape index (κ3) is 3.67. The number of thiophene rings is 1. The summed E-state index contributed by atoms with van der Waals surface area (Å²) in [6.45, 7) is 7.19. The molecule has 114 valence electrons. The Labute approximate surface area is 129 Å². The van der Waals surface area contributed by atoms with Crippen LogP contribution in [0.25, 0.3) is 0 Å². The maximum absolute atomic E-state index is 13.8. The van der Waals surface area contributed by atoms with Gasteiger partial charge in [-0.05, 0) is 32.2 Å². The first kappa shape index (κ1) is 15.6. The molecule has 1 heterocycles. The summed E-state index contributed by atoms with van der Waals surface area (Å²) in [6, 6.07) is 7.39. The smallest absolute Gasteiger partial charge is 0.167 e. The van der Waals surface area contributed by atoms with Crippen LogP contribution in [0.4, 0.5) is 15.8 Å². The van der Waals surface area contributed by atoms with E-state index < -0.39 is 5.82 Å². The fourth-order valence-corrected chi connectivity index (χ4v) is 2.89. The Morgan fingerprint density at radius 2 is 2.14 bits per heavy atom. The van der Waals surface area contributed by atoms with Crippen LogP contribution in [0.15, 0.2) is 29.6 Å². The van der Waals surface area contributed by atoms with Gasteiger partial charge < -0.3 is 15.4 Å². The zero-order chi connectivity index (χ0) is 15.4. The molecule has 1 aromatic carbocycles. The Bertz CT molecular complexity index is 584. The van der Waals surface area contributed by atoms with Crippen molar-refractivity contribution in [1.29, 1.82) is 0 Å². The summed E-state index contributed by atoms with van der Waals surface area (Å²) < 4.78 is 19.2. The Morgan fingerprint density at radius 1 is 1.38 bits per heavy atom. The highest BCUT2D eigenvalue weighted by atomic mass is 32.1. The molecule has 2 N–H and O–H groups in total. The first-order valence-corrected chi connectivity index (χ1v) is 7.91. The summed E-state index contributed by atoms with van der Waals surface area (Å²) in [6.07, 6.45) is 0. The van der Waals surface area contributed by atoms with Gasteiger partial charge >= 0.3 is 0 Å². The van der Waals surface area contributed by atoms with E-state index in [4.69, 9.17) is 10.5 Å². The lowest BCUT2D eigenvalue weighted by molar-refractivity contribution is 0.321. The number of hydrogen-bond donors (Lipinski definition) is 1. The fourth-order valence-electron chi connectivity index (χ4n) is 2.19. The van der Waals surface area contributed by atoms with Crippen LogP contribution >= 0.6 is 11.3 Å². The van der Waals surface area contributed by atoms with Gasteiger partial charge in [-0.1, -0.05) is 6.07 Å². The largest absolute Gasteiger partial charge is 0.491 e. The summed E-state index contributed by atoms with van der Waals surface area (Å²) in [5, 5.41) is 2.05. The minimum atomic E-state index is -0.419. The van der Waals surface area contributed by atoms with Crippen LogP contribution in [0.3, 0.4) is 0 Å². The van der Waals surface area contributed by atoms with Gasteiger partial charge in [-0.3, -0.25) is 0 Å². The normalized spacial score (nSPS) is 10.9. The lowest BCUT2D eigenvalue weighted by Gasteiger charge is -2.30. The monoisotopic (exact) mass is 308 g/mol. The molecule has 2 rings (SSSR count). The maximum atomic E-state index is 13.8. The van der Waals surface area contributed by atoms with Crippen LogP contribution in [-0.2, 0) is 6.54 Å². The molecular formula is C16H21FN2OS. The van der Waals surface area contributed by atoms with Crippen molar-refractivity contribution >= 4 is 22.7 Å². The number of benzene rings is 1. The van der Waals surface area contributed by atoms with Crippen molar-refractivity contribution in [3.8, 4) is 5.75 Å². The molecule has 5 heteroatoms. The molecule has 0 radical (unpaired) electrons. The second-order valence-corrected chi connectivity index (χ2v) is 6.11. The number of nitrogens with two attached hydrogens (primary N) is 1. The summed E-state index contributed by atoms with van der Waals surface area (Å²) in [7, 11) is 0. The van der Waals surface area contributed by atoms with Crippen LogP contribution in [0.5, 0.6) is 5.75 Å². The molecule has 0 fully saturated rings. The van der Waals surface area contributed by atoms with Gasteiger partial charge in [0.25, 0.3) is 0 Å². The second-order valence-electron chi connectivity index (χ2n) is 5.08. The molecule has 1 aromatic heterocycles. The Kier molecular flexibility index (Phi) is 5.07. The van der Waals surface area contributed by atoms with Crippen molar-refractivity contribution in [2.24, 2.45) is 0 Å². The molecule has 0 saturated carbocycles. The lowest BCUT2D eigenvalue weighted by atomic mass is 10.2. The van der Waals surface area contributed by atoms with Crippen molar-refractivity contribution in [2.45, 2.75) is 33.4 Å². The molecular weight excluding hydrogens is 287 g/mol. The first-order chi connectivity index (χ1) is 10.0. The van der Waals surface area contributed by atoms with Crippen LogP contribution in [-0.4, -0.2) is 12.6 Å². The quantitative estimate of drug-likeness (QED) is 0.809. The Morgan fingerprint density at radius 3 is 2.71 bits per heavy atom. The van der Waals surface area contributed by atoms with E-state index in [1.54, 1.807) is 17.4 Å². The molecule has 2 aromatic rings. The van der Waals surface area contributed by atoms with Crippen molar-refractivity contribution < 1.29 is 9.13 Å². The van der Waals surface area contributed by atoms with Gasteiger partial charge in [0.1, 0.15) is 0 Å². The average molecular weight is 308 g/mol. The average Bonchev–Trinajstić information content (AvgIpc) is 2.92. The third-order valence-corrected chi connectivity index (χ3v) is 4.08. The molecule has 0 aliphatic rings. The fraction of sp³-hybridized carbons (Fsp3) is 0.375. The van der Waals surface area contributed by atoms with Crippen molar-refractivity contribution in [3.63, 3.8) is 0 Å². The van der Waals surface area contributed by atoms with E-state index in [-0.39, 0.29) is 11.8 Å². The molecule has 0 saturated heterocycles. The molecule has 0 spiro atoms. The SMILES string of the molecule is CCOc1cc(N(Cc2cccs2)C(C)C)c(N)cc1F. The van der Waals surface area contributed by atoms with Crippen molar-refractivity contribution in [1.82, 2.24) is 0 Å². The number of ether oxygens (including phenoxy) is 1. The van der Waals surface area contributed by atoms with E-state index in [9.17, 15) is 4.39 Å². The predicted octanol–water partition coefficient (Wildman–Crippen LogP) is 4.28. The number of nitrogens with zero attached hydrogens (tertiary/aromatic N) is 1. The van der Waals surface area contributed by atoms with E-state index in [0.717, 1.165) is 12.2 Å². The third-order valence-electron chi connectivity index (χ3n) is 3.22. The molecule has 0 amide bonds. The van der Waals surface area contributed by atoms with Crippen molar-refractivity contribution in [2.75, 3.05) is 17.2 Å². The van der Waals surface area contributed by atoms with Crippen LogP contribution < -0.4 is 15.4 Å². The Hall–Kier alpha value is -1.75. The van der Waals surface area contributed by atoms with Gasteiger partial charge in [-0.15, -0.1) is 11.3 Å². The molecule has 21 heavy (non-hydrogen) atoms. The van der Waals surface area contributed by atoms with Crippen LogP contribution in [0.2, 0.25) is 0 Å². The minimum absolute atomic E-state index is 0.245. The van der Waals surface area contributed by atoms with Gasteiger partial charge in [0.2, 0.25) is 0 Å². The summed E-state index contributed by atoms with van der Waals surface area (Å²) in [5.41, 5.74) is 7.26. The maximum Gasteiger partial charge on any atom is 0.167 e. The summed E-state index contributed by atoms with van der Waals surface area (Å²) >= 11 is 1.70. The zero-order valence-electron chi connectivity index (χ0n) is 12.6. The molecule has 0 atom stereocenters. The summed E-state index contributed by atoms with van der Waals surface area (Å²) in [5.74, 6) is -0.170. The summed E-state index contributed by atoms with van der Waals surface area (Å²) in [4.78, 5) is 3.40. The molecule has 0 aliphatic carbocycles. The van der Waals surface area contributed by atoms with Gasteiger partial charge in [-0.25, -0.2) is 4.39 Å². The van der Waals surface area contributed by atoms with Gasteiger partial charge in [0, 0.05) is 23.1 Å². The minimum Gasteiger partial charge on any atom is -0.491 e. The van der Waals surface area contributed by atoms with Gasteiger partial charge in [0.15, 0.2) is 11.6 Å². The van der Waals surface area contributed by atoms with E-state index in [1.807, 2.05) is 18.4 Å². The number of hydrogen-bond acceptors (Lipinski definition) is 4.